The number of nitrogens with zero attached hydrogens (tertiary/aromatic N) is 3. The molecule has 0 saturated heterocycles. The molecule has 0 fully saturated rings. The van der Waals surface area contributed by atoms with E-state index in [9.17, 15) is 4.79 Å². The Morgan fingerprint density at radius 3 is 2.78 bits per heavy atom. The predicted molar refractivity (Wildman–Crippen MR) is 109 cm³/mol. The third-order valence-corrected chi connectivity index (χ3v) is 4.93. The van der Waals surface area contributed by atoms with Gasteiger partial charge in [0.15, 0.2) is 0 Å². The van der Waals surface area contributed by atoms with Gasteiger partial charge in [0, 0.05) is 28.6 Å². The van der Waals surface area contributed by atoms with Crippen LogP contribution in [-0.2, 0) is 4.84 Å². The minimum atomic E-state index is -0.336. The first-order valence-electron chi connectivity index (χ1n) is 8.00. The van der Waals surface area contributed by atoms with Crippen molar-refractivity contribution in [1.29, 1.82) is 0 Å². The number of carbonyl (C=O) groups excluding carboxylic acids is 1. The van der Waals surface area contributed by atoms with Crippen molar-refractivity contribution in [1.82, 2.24) is 10.5 Å². The van der Waals surface area contributed by atoms with Crippen molar-refractivity contribution in [3.05, 3.63) is 70.1 Å². The molecule has 1 N–H and O–H groups in total. The van der Waals surface area contributed by atoms with Crippen LogP contribution in [0.25, 0.3) is 11.3 Å². The standard InChI is InChI=1S/C19H17ClN4O2S/c1-24(19-22-17(12-27-19)15-9-5-6-10-16(15)20)21-11-13-7-3-4-8-14(13)18(25)23-26-2/h3-12H,1-2H3,(H,23,25)/b21-11+. The van der Waals surface area contributed by atoms with Gasteiger partial charge in [0.1, 0.15) is 0 Å². The molecular formula is C19H17ClN4O2S. The first-order chi connectivity index (χ1) is 13.1. The predicted octanol–water partition coefficient (Wildman–Crippen LogP) is 4.23. The molecule has 0 aliphatic rings. The lowest BCUT2D eigenvalue weighted by Crippen LogP contribution is -2.23. The van der Waals surface area contributed by atoms with E-state index >= 15 is 0 Å². The van der Waals surface area contributed by atoms with Gasteiger partial charge in [0.25, 0.3) is 5.91 Å². The number of carbonyl (C=O) groups is 1. The third kappa shape index (κ3) is 4.51. The summed E-state index contributed by atoms with van der Waals surface area (Å²) in [4.78, 5) is 21.3. The monoisotopic (exact) mass is 400 g/mol. The number of hydrazone groups is 1. The van der Waals surface area contributed by atoms with Crippen LogP contribution in [0.1, 0.15) is 15.9 Å². The van der Waals surface area contributed by atoms with Gasteiger partial charge in [-0.3, -0.25) is 9.63 Å². The molecule has 0 radical (unpaired) electrons. The number of thiazole rings is 1. The Hall–Kier alpha value is -2.74. The van der Waals surface area contributed by atoms with Crippen LogP contribution >= 0.6 is 22.9 Å². The maximum Gasteiger partial charge on any atom is 0.275 e. The molecule has 3 rings (SSSR count). The van der Waals surface area contributed by atoms with Crippen LogP contribution in [0.3, 0.4) is 0 Å². The summed E-state index contributed by atoms with van der Waals surface area (Å²) < 4.78 is 0. The number of hydrogen-bond donors (Lipinski definition) is 1. The smallest absolute Gasteiger partial charge is 0.275 e. The quantitative estimate of drug-likeness (QED) is 0.496. The third-order valence-electron chi connectivity index (χ3n) is 3.69. The van der Waals surface area contributed by atoms with Gasteiger partial charge < -0.3 is 0 Å². The summed E-state index contributed by atoms with van der Waals surface area (Å²) in [5.74, 6) is -0.336. The molecule has 0 atom stereocenters. The molecule has 27 heavy (non-hydrogen) atoms. The maximum absolute atomic E-state index is 12.0. The van der Waals surface area contributed by atoms with Crippen molar-refractivity contribution in [3.63, 3.8) is 0 Å². The molecule has 8 heteroatoms. The van der Waals surface area contributed by atoms with Crippen LogP contribution in [0.2, 0.25) is 5.02 Å². The number of benzene rings is 2. The van der Waals surface area contributed by atoms with Crippen LogP contribution in [0.5, 0.6) is 0 Å². The largest absolute Gasteiger partial charge is 0.277 e. The highest BCUT2D eigenvalue weighted by Gasteiger charge is 2.11. The fourth-order valence-electron chi connectivity index (χ4n) is 2.37. The highest BCUT2D eigenvalue weighted by atomic mass is 35.5. The molecule has 0 spiro atoms. The zero-order valence-electron chi connectivity index (χ0n) is 14.7. The van der Waals surface area contributed by atoms with E-state index < -0.39 is 0 Å². The van der Waals surface area contributed by atoms with E-state index in [-0.39, 0.29) is 5.91 Å². The van der Waals surface area contributed by atoms with Crippen LogP contribution < -0.4 is 10.5 Å². The van der Waals surface area contributed by atoms with Gasteiger partial charge in [-0.2, -0.15) is 5.10 Å². The average Bonchev–Trinajstić information content (AvgIpc) is 3.17. The van der Waals surface area contributed by atoms with Gasteiger partial charge in [-0.05, 0) is 12.1 Å². The van der Waals surface area contributed by atoms with Crippen molar-refractivity contribution >= 4 is 40.2 Å². The van der Waals surface area contributed by atoms with Gasteiger partial charge in [-0.1, -0.05) is 48.0 Å². The lowest BCUT2D eigenvalue weighted by atomic mass is 10.1. The topological polar surface area (TPSA) is 66.8 Å². The Kier molecular flexibility index (Phi) is 6.18. The fourth-order valence-corrected chi connectivity index (χ4v) is 3.35. The van der Waals surface area contributed by atoms with Gasteiger partial charge in [-0.15, -0.1) is 11.3 Å². The summed E-state index contributed by atoms with van der Waals surface area (Å²) in [5, 5.41) is 9.34. The number of aromatic nitrogens is 1. The molecule has 0 saturated carbocycles. The fraction of sp³-hybridized carbons (Fsp3) is 0.105. The normalized spacial score (nSPS) is 10.9. The number of rotatable bonds is 6. The first-order valence-corrected chi connectivity index (χ1v) is 9.26. The minimum Gasteiger partial charge on any atom is -0.277 e. The molecule has 3 aromatic rings. The second kappa shape index (κ2) is 8.77. The summed E-state index contributed by atoms with van der Waals surface area (Å²) in [6, 6.07) is 14.7. The Morgan fingerprint density at radius 2 is 2.00 bits per heavy atom. The number of nitrogens with one attached hydrogen (secondary N) is 1. The van der Waals surface area contributed by atoms with E-state index in [4.69, 9.17) is 11.6 Å². The van der Waals surface area contributed by atoms with E-state index in [1.54, 1.807) is 36.5 Å². The number of amides is 1. The molecule has 0 unspecified atom stereocenters. The van der Waals surface area contributed by atoms with Gasteiger partial charge in [0.05, 0.1) is 24.6 Å². The molecule has 2 aromatic carbocycles. The highest BCUT2D eigenvalue weighted by molar-refractivity contribution is 7.14. The lowest BCUT2D eigenvalue weighted by molar-refractivity contribution is 0.0537. The number of hydrogen-bond acceptors (Lipinski definition) is 6. The minimum absolute atomic E-state index is 0.336. The SMILES string of the molecule is CONC(=O)c1ccccc1/C=N/N(C)c1nc(-c2ccccc2Cl)cs1. The van der Waals surface area contributed by atoms with Crippen molar-refractivity contribution in [2.45, 2.75) is 0 Å². The van der Waals surface area contributed by atoms with E-state index in [0.29, 0.717) is 21.3 Å². The van der Waals surface area contributed by atoms with Crippen LogP contribution in [0.15, 0.2) is 59.0 Å². The van der Waals surface area contributed by atoms with Crippen LogP contribution in [0.4, 0.5) is 5.13 Å². The average molecular weight is 401 g/mol. The summed E-state index contributed by atoms with van der Waals surface area (Å²) in [6.07, 6.45) is 1.61. The second-order valence-corrected chi connectivity index (χ2v) is 6.73. The van der Waals surface area contributed by atoms with Gasteiger partial charge >= 0.3 is 0 Å². The van der Waals surface area contributed by atoms with E-state index in [1.807, 2.05) is 35.7 Å². The Labute approximate surface area is 166 Å². The van der Waals surface area contributed by atoms with Crippen molar-refractivity contribution < 1.29 is 9.63 Å². The molecule has 1 aromatic heterocycles. The summed E-state index contributed by atoms with van der Waals surface area (Å²) in [7, 11) is 3.19. The molecule has 0 aliphatic heterocycles. The van der Waals surface area contributed by atoms with E-state index in [2.05, 4.69) is 20.4 Å². The van der Waals surface area contributed by atoms with Crippen molar-refractivity contribution in [2.75, 3.05) is 19.2 Å². The zero-order valence-corrected chi connectivity index (χ0v) is 16.3. The van der Waals surface area contributed by atoms with Gasteiger partial charge in [0.2, 0.25) is 5.13 Å². The summed E-state index contributed by atoms with van der Waals surface area (Å²) in [6.45, 7) is 0. The van der Waals surface area contributed by atoms with E-state index in [1.165, 1.54) is 18.4 Å². The molecule has 6 nitrogen and oxygen atoms in total. The van der Waals surface area contributed by atoms with Crippen LogP contribution in [0, 0.1) is 0 Å². The molecular weight excluding hydrogens is 384 g/mol. The molecule has 0 aliphatic carbocycles. The maximum atomic E-state index is 12.0. The molecule has 0 bridgehead atoms. The van der Waals surface area contributed by atoms with Crippen LogP contribution in [-0.4, -0.2) is 31.3 Å². The molecule has 1 heterocycles. The Bertz CT molecular complexity index is 974. The Balaban J connectivity index is 1.80. The van der Waals surface area contributed by atoms with Crippen molar-refractivity contribution in [3.8, 4) is 11.3 Å². The number of halogens is 1. The number of hydroxylamine groups is 1. The number of anilines is 1. The lowest BCUT2D eigenvalue weighted by Gasteiger charge is -2.09. The Morgan fingerprint density at radius 1 is 1.26 bits per heavy atom. The highest BCUT2D eigenvalue weighted by Crippen LogP contribution is 2.31. The zero-order chi connectivity index (χ0) is 19.2. The molecule has 1 amide bonds. The summed E-state index contributed by atoms with van der Waals surface area (Å²) >= 11 is 7.69. The van der Waals surface area contributed by atoms with Crippen molar-refractivity contribution in [2.24, 2.45) is 5.10 Å². The first kappa shape index (κ1) is 19.0. The van der Waals surface area contributed by atoms with E-state index in [0.717, 1.165) is 11.3 Å². The second-order valence-electron chi connectivity index (χ2n) is 5.49. The molecule has 138 valence electrons. The van der Waals surface area contributed by atoms with Gasteiger partial charge in [-0.25, -0.2) is 15.5 Å². The summed E-state index contributed by atoms with van der Waals surface area (Å²) in [5.41, 5.74) is 5.11.